The normalized spacial score (nSPS) is 20.2. The molecule has 1 aliphatic heterocycles. The summed E-state index contributed by atoms with van der Waals surface area (Å²) in [5.41, 5.74) is 1.70. The standard InChI is InChI=1S/C13H14ClN3O2/c14-9-3-4-12-15-10(8-17(12)6-9)7-16-5-1-2-11(16)13(18)19/h3-4,6,8,11H,1-2,5,7H2,(H,18,19). The number of nitrogens with zero attached hydrogens (tertiary/aromatic N) is 3. The molecule has 1 fully saturated rings. The molecule has 6 heteroatoms. The lowest BCUT2D eigenvalue weighted by atomic mass is 10.2. The van der Waals surface area contributed by atoms with Gasteiger partial charge in [-0.2, -0.15) is 0 Å². The average Bonchev–Trinajstić information content (AvgIpc) is 2.95. The number of aromatic nitrogens is 2. The summed E-state index contributed by atoms with van der Waals surface area (Å²) < 4.78 is 1.86. The lowest BCUT2D eigenvalue weighted by molar-refractivity contribution is -0.142. The fourth-order valence-corrected chi connectivity index (χ4v) is 2.76. The minimum Gasteiger partial charge on any atom is -0.480 e. The summed E-state index contributed by atoms with van der Waals surface area (Å²) in [6, 6.07) is 3.27. The number of hydrogen-bond donors (Lipinski definition) is 1. The first-order valence-electron chi connectivity index (χ1n) is 6.23. The molecular formula is C13H14ClN3O2. The number of rotatable bonds is 3. The third-order valence-corrected chi connectivity index (χ3v) is 3.70. The van der Waals surface area contributed by atoms with Gasteiger partial charge in [0.05, 0.1) is 10.7 Å². The number of halogens is 1. The molecule has 1 unspecified atom stereocenters. The molecule has 1 atom stereocenters. The summed E-state index contributed by atoms with van der Waals surface area (Å²) >= 11 is 5.93. The monoisotopic (exact) mass is 279 g/mol. The van der Waals surface area contributed by atoms with Crippen LogP contribution in [0.2, 0.25) is 5.02 Å². The van der Waals surface area contributed by atoms with Gasteiger partial charge in [-0.05, 0) is 31.5 Å². The van der Waals surface area contributed by atoms with Crippen molar-refractivity contribution < 1.29 is 9.90 Å². The van der Waals surface area contributed by atoms with Crippen molar-refractivity contribution in [3.8, 4) is 0 Å². The fourth-order valence-electron chi connectivity index (χ4n) is 2.60. The number of fused-ring (bicyclic) bond motifs is 1. The van der Waals surface area contributed by atoms with Gasteiger partial charge >= 0.3 is 5.97 Å². The van der Waals surface area contributed by atoms with E-state index in [1.54, 1.807) is 12.3 Å². The van der Waals surface area contributed by atoms with Gasteiger partial charge in [0.15, 0.2) is 0 Å². The van der Waals surface area contributed by atoms with E-state index in [-0.39, 0.29) is 6.04 Å². The van der Waals surface area contributed by atoms with E-state index in [0.29, 0.717) is 18.0 Å². The van der Waals surface area contributed by atoms with E-state index in [9.17, 15) is 4.79 Å². The van der Waals surface area contributed by atoms with Crippen molar-refractivity contribution in [3.63, 3.8) is 0 Å². The SMILES string of the molecule is O=C(O)C1CCCN1Cc1cn2cc(Cl)ccc2n1. The Morgan fingerprint density at radius 3 is 3.11 bits per heavy atom. The van der Waals surface area contributed by atoms with E-state index in [1.807, 2.05) is 21.6 Å². The van der Waals surface area contributed by atoms with E-state index in [0.717, 1.165) is 24.3 Å². The van der Waals surface area contributed by atoms with Crippen LogP contribution >= 0.6 is 11.6 Å². The van der Waals surface area contributed by atoms with Gasteiger partial charge in [-0.15, -0.1) is 0 Å². The average molecular weight is 280 g/mol. The first kappa shape index (κ1) is 12.4. The highest BCUT2D eigenvalue weighted by molar-refractivity contribution is 6.30. The van der Waals surface area contributed by atoms with Crippen molar-refractivity contribution in [2.75, 3.05) is 6.54 Å². The Balaban J connectivity index is 1.83. The van der Waals surface area contributed by atoms with Crippen LogP contribution in [-0.4, -0.2) is 37.9 Å². The minimum atomic E-state index is -0.746. The number of carbonyl (C=O) groups is 1. The van der Waals surface area contributed by atoms with Crippen LogP contribution in [-0.2, 0) is 11.3 Å². The zero-order valence-electron chi connectivity index (χ0n) is 10.3. The molecule has 1 saturated heterocycles. The zero-order chi connectivity index (χ0) is 13.4. The van der Waals surface area contributed by atoms with Crippen LogP contribution in [0.1, 0.15) is 18.5 Å². The molecule has 3 heterocycles. The van der Waals surface area contributed by atoms with Crippen LogP contribution in [0.15, 0.2) is 24.5 Å². The van der Waals surface area contributed by atoms with Crippen LogP contribution in [0.25, 0.3) is 5.65 Å². The molecule has 0 amide bonds. The number of likely N-dealkylation sites (tertiary alicyclic amines) is 1. The molecule has 2 aromatic heterocycles. The van der Waals surface area contributed by atoms with E-state index >= 15 is 0 Å². The van der Waals surface area contributed by atoms with Crippen LogP contribution in [0.4, 0.5) is 0 Å². The molecule has 2 aromatic rings. The van der Waals surface area contributed by atoms with Crippen molar-refractivity contribution in [2.24, 2.45) is 0 Å². The molecule has 0 spiro atoms. The molecule has 0 saturated carbocycles. The first-order valence-corrected chi connectivity index (χ1v) is 6.61. The maximum absolute atomic E-state index is 11.1. The van der Waals surface area contributed by atoms with Gasteiger partial charge in [-0.1, -0.05) is 11.6 Å². The Hall–Kier alpha value is -1.59. The van der Waals surface area contributed by atoms with E-state index in [4.69, 9.17) is 16.7 Å². The van der Waals surface area contributed by atoms with Crippen molar-refractivity contribution in [3.05, 3.63) is 35.2 Å². The van der Waals surface area contributed by atoms with Crippen LogP contribution < -0.4 is 0 Å². The number of pyridine rings is 1. The van der Waals surface area contributed by atoms with Crippen LogP contribution in [0.3, 0.4) is 0 Å². The van der Waals surface area contributed by atoms with E-state index in [1.165, 1.54) is 0 Å². The Morgan fingerprint density at radius 1 is 1.47 bits per heavy atom. The number of imidazole rings is 1. The van der Waals surface area contributed by atoms with Crippen molar-refractivity contribution in [2.45, 2.75) is 25.4 Å². The highest BCUT2D eigenvalue weighted by Gasteiger charge is 2.30. The molecule has 1 N–H and O–H groups in total. The minimum absolute atomic E-state index is 0.381. The number of hydrogen-bond acceptors (Lipinski definition) is 3. The molecule has 100 valence electrons. The molecule has 0 radical (unpaired) electrons. The second-order valence-electron chi connectivity index (χ2n) is 4.81. The molecular weight excluding hydrogens is 266 g/mol. The Kier molecular flexibility index (Phi) is 3.16. The number of carboxylic acids is 1. The van der Waals surface area contributed by atoms with Gasteiger partial charge < -0.3 is 9.51 Å². The quantitative estimate of drug-likeness (QED) is 0.934. The third kappa shape index (κ3) is 2.43. The van der Waals surface area contributed by atoms with Gasteiger partial charge in [0, 0.05) is 18.9 Å². The first-order chi connectivity index (χ1) is 9.13. The largest absolute Gasteiger partial charge is 0.480 e. The van der Waals surface area contributed by atoms with Crippen LogP contribution in [0, 0.1) is 0 Å². The van der Waals surface area contributed by atoms with Gasteiger partial charge in [0.25, 0.3) is 0 Å². The van der Waals surface area contributed by atoms with Crippen molar-refractivity contribution in [1.82, 2.24) is 14.3 Å². The summed E-state index contributed by atoms with van der Waals surface area (Å²) in [6.45, 7) is 1.38. The number of aliphatic carboxylic acids is 1. The maximum atomic E-state index is 11.1. The second kappa shape index (κ2) is 4.83. The zero-order valence-corrected chi connectivity index (χ0v) is 11.0. The lowest BCUT2D eigenvalue weighted by Gasteiger charge is -2.19. The molecule has 0 aromatic carbocycles. The predicted octanol–water partition coefficient (Wildman–Crippen LogP) is 2.04. The van der Waals surface area contributed by atoms with Crippen LogP contribution in [0.5, 0.6) is 0 Å². The highest BCUT2D eigenvalue weighted by atomic mass is 35.5. The van der Waals surface area contributed by atoms with E-state index in [2.05, 4.69) is 4.98 Å². The second-order valence-corrected chi connectivity index (χ2v) is 5.25. The molecule has 3 rings (SSSR count). The number of carboxylic acid groups (broad SMARTS) is 1. The van der Waals surface area contributed by atoms with Crippen molar-refractivity contribution >= 4 is 23.2 Å². The Bertz CT molecular complexity index is 625. The van der Waals surface area contributed by atoms with Crippen molar-refractivity contribution in [1.29, 1.82) is 0 Å². The Labute approximate surface area is 115 Å². The summed E-state index contributed by atoms with van der Waals surface area (Å²) in [7, 11) is 0. The smallest absolute Gasteiger partial charge is 0.320 e. The Morgan fingerprint density at radius 2 is 2.32 bits per heavy atom. The van der Waals surface area contributed by atoms with Gasteiger partial charge in [-0.25, -0.2) is 4.98 Å². The summed E-state index contributed by atoms with van der Waals surface area (Å²) in [5, 5.41) is 9.81. The summed E-state index contributed by atoms with van der Waals surface area (Å²) in [5.74, 6) is -0.746. The molecule has 0 aliphatic carbocycles. The molecule has 19 heavy (non-hydrogen) atoms. The van der Waals surface area contributed by atoms with Gasteiger partial charge in [0.1, 0.15) is 11.7 Å². The molecule has 5 nitrogen and oxygen atoms in total. The lowest BCUT2D eigenvalue weighted by Crippen LogP contribution is -2.35. The summed E-state index contributed by atoms with van der Waals surface area (Å²) in [6.07, 6.45) is 5.34. The van der Waals surface area contributed by atoms with Gasteiger partial charge in [0.2, 0.25) is 0 Å². The maximum Gasteiger partial charge on any atom is 0.320 e. The molecule has 1 aliphatic rings. The van der Waals surface area contributed by atoms with E-state index < -0.39 is 5.97 Å². The van der Waals surface area contributed by atoms with Gasteiger partial charge in [-0.3, -0.25) is 9.69 Å². The predicted molar refractivity (Wildman–Crippen MR) is 71.3 cm³/mol. The highest BCUT2D eigenvalue weighted by Crippen LogP contribution is 2.20. The fraction of sp³-hybridized carbons (Fsp3) is 0.385. The third-order valence-electron chi connectivity index (χ3n) is 3.48. The molecule has 0 bridgehead atoms. The summed E-state index contributed by atoms with van der Waals surface area (Å²) in [4.78, 5) is 17.6. The topological polar surface area (TPSA) is 57.8 Å².